The normalized spacial score (nSPS) is 20.2. The molecule has 11 heteroatoms. The lowest BCUT2D eigenvalue weighted by atomic mass is 10.0. The fourth-order valence-electron chi connectivity index (χ4n) is 3.44. The minimum Gasteiger partial charge on any atom is -0.347 e. The second-order valence-corrected chi connectivity index (χ2v) is 10.5. The van der Waals surface area contributed by atoms with Crippen LogP contribution in [0.3, 0.4) is 0 Å². The summed E-state index contributed by atoms with van der Waals surface area (Å²) in [6, 6.07) is 3.21. The van der Waals surface area contributed by atoms with E-state index in [1.165, 1.54) is 18.2 Å². The Bertz CT molecular complexity index is 837. The fraction of sp³-hybridized carbons (Fsp3) is 0.611. The summed E-state index contributed by atoms with van der Waals surface area (Å²) in [5.41, 5.74) is 0. The Morgan fingerprint density at radius 3 is 2.48 bits per heavy atom. The Morgan fingerprint density at radius 1 is 1.24 bits per heavy atom. The van der Waals surface area contributed by atoms with Crippen LogP contribution in [0, 0.1) is 0 Å². The Labute approximate surface area is 185 Å². The number of nitrogens with zero attached hydrogens (tertiary/aromatic N) is 1. The van der Waals surface area contributed by atoms with Gasteiger partial charge in [0.15, 0.2) is 5.79 Å². The van der Waals surface area contributed by atoms with Gasteiger partial charge >= 0.3 is 0 Å². The Kier molecular flexibility index (Phi) is 7.75. The number of sulfonamides is 1. The fourth-order valence-corrected chi connectivity index (χ4v) is 5.53. The van der Waals surface area contributed by atoms with Gasteiger partial charge in [-0.3, -0.25) is 4.79 Å². The predicted molar refractivity (Wildman–Crippen MR) is 114 cm³/mol. The van der Waals surface area contributed by atoms with E-state index < -0.39 is 21.9 Å². The van der Waals surface area contributed by atoms with Crippen molar-refractivity contribution >= 4 is 50.9 Å². The van der Waals surface area contributed by atoms with Crippen molar-refractivity contribution in [2.75, 3.05) is 38.3 Å². The van der Waals surface area contributed by atoms with Gasteiger partial charge in [-0.1, -0.05) is 23.2 Å². The van der Waals surface area contributed by atoms with E-state index in [9.17, 15) is 13.2 Å². The zero-order valence-electron chi connectivity index (χ0n) is 16.0. The van der Waals surface area contributed by atoms with E-state index in [-0.39, 0.29) is 20.8 Å². The quantitative estimate of drug-likeness (QED) is 0.642. The van der Waals surface area contributed by atoms with E-state index in [4.69, 9.17) is 32.7 Å². The number of piperidine rings is 1. The van der Waals surface area contributed by atoms with Crippen molar-refractivity contribution in [3.8, 4) is 0 Å². The molecule has 0 aromatic heterocycles. The van der Waals surface area contributed by atoms with Crippen molar-refractivity contribution in [1.82, 2.24) is 9.62 Å². The minimum absolute atomic E-state index is 0.0285. The zero-order valence-corrected chi connectivity index (χ0v) is 19.2. The minimum atomic E-state index is -3.93. The summed E-state index contributed by atoms with van der Waals surface area (Å²) >= 11 is 13.4. The Hall–Kier alpha value is -0.550. The maximum absolute atomic E-state index is 13.1. The summed E-state index contributed by atoms with van der Waals surface area (Å²) in [6.45, 7) is 2.05. The second-order valence-electron chi connectivity index (χ2n) is 6.96. The molecule has 1 aromatic rings. The van der Waals surface area contributed by atoms with E-state index in [1.54, 1.807) is 16.7 Å². The number of nitrogens with one attached hydrogen (secondary N) is 1. The molecule has 1 atom stereocenters. The summed E-state index contributed by atoms with van der Waals surface area (Å²) in [5.74, 6) is -0.189. The highest BCUT2D eigenvalue weighted by Crippen LogP contribution is 2.31. The first-order valence-electron chi connectivity index (χ1n) is 9.29. The van der Waals surface area contributed by atoms with Crippen LogP contribution in [0.4, 0.5) is 0 Å². The molecule has 2 heterocycles. The maximum atomic E-state index is 13.1. The number of halogens is 2. The molecule has 162 valence electrons. The van der Waals surface area contributed by atoms with E-state index in [1.807, 2.05) is 6.26 Å². The number of carbonyl (C=O) groups excluding carboxylic acids is 1. The average molecular weight is 483 g/mol. The molecule has 2 aliphatic heterocycles. The molecule has 1 spiro atoms. The van der Waals surface area contributed by atoms with Gasteiger partial charge in [0.25, 0.3) is 0 Å². The highest BCUT2D eigenvalue weighted by atomic mass is 35.5. The predicted octanol–water partition coefficient (Wildman–Crippen LogP) is 2.76. The molecule has 0 saturated carbocycles. The number of carbonyl (C=O) groups is 1. The monoisotopic (exact) mass is 482 g/mol. The average Bonchev–Trinajstić information content (AvgIpc) is 3.15. The third kappa shape index (κ3) is 5.58. The SMILES string of the molecule is CSCCC(NS(=O)(=O)c1ccc(Cl)c(Cl)c1)C(=O)N1CCC2(CC1)OCCO2. The molecule has 7 nitrogen and oxygen atoms in total. The number of hydrogen-bond donors (Lipinski definition) is 1. The molecule has 0 aliphatic carbocycles. The van der Waals surface area contributed by atoms with Gasteiger partial charge in [-0.15, -0.1) is 0 Å². The number of amides is 1. The van der Waals surface area contributed by atoms with Gasteiger partial charge in [0.2, 0.25) is 15.9 Å². The third-order valence-electron chi connectivity index (χ3n) is 5.06. The molecule has 0 bridgehead atoms. The highest BCUT2D eigenvalue weighted by molar-refractivity contribution is 7.98. The summed E-state index contributed by atoms with van der Waals surface area (Å²) in [6.07, 6.45) is 3.45. The molecule has 0 radical (unpaired) electrons. The van der Waals surface area contributed by atoms with E-state index in [2.05, 4.69) is 4.72 Å². The van der Waals surface area contributed by atoms with Crippen LogP contribution in [0.2, 0.25) is 10.0 Å². The molecule has 1 N–H and O–H groups in total. The molecule has 2 aliphatic rings. The van der Waals surface area contributed by atoms with Gasteiger partial charge in [-0.05, 0) is 36.6 Å². The van der Waals surface area contributed by atoms with Gasteiger partial charge in [0, 0.05) is 25.9 Å². The number of ether oxygens (including phenoxy) is 2. The van der Waals surface area contributed by atoms with Crippen molar-refractivity contribution in [3.63, 3.8) is 0 Å². The standard InChI is InChI=1S/C18H24Cl2N2O5S2/c1-28-11-4-16(21-29(24,25)13-2-3-14(19)15(20)12-13)17(23)22-7-5-18(6-8-22)26-9-10-27-18/h2-3,12,16,21H,4-11H2,1H3. The number of likely N-dealkylation sites (tertiary alicyclic amines) is 1. The first-order valence-corrected chi connectivity index (χ1v) is 12.9. The van der Waals surface area contributed by atoms with Gasteiger partial charge in [-0.2, -0.15) is 16.5 Å². The van der Waals surface area contributed by atoms with Crippen molar-refractivity contribution in [3.05, 3.63) is 28.2 Å². The molecular formula is C18H24Cl2N2O5S2. The first-order chi connectivity index (χ1) is 13.8. The van der Waals surface area contributed by atoms with Crippen LogP contribution >= 0.6 is 35.0 Å². The van der Waals surface area contributed by atoms with Crippen molar-refractivity contribution < 1.29 is 22.7 Å². The summed E-state index contributed by atoms with van der Waals surface area (Å²) in [4.78, 5) is 14.7. The van der Waals surface area contributed by atoms with E-state index >= 15 is 0 Å². The lowest BCUT2D eigenvalue weighted by Gasteiger charge is -2.38. The van der Waals surface area contributed by atoms with Crippen molar-refractivity contribution in [2.24, 2.45) is 0 Å². The van der Waals surface area contributed by atoms with E-state index in [0.29, 0.717) is 51.3 Å². The smallest absolute Gasteiger partial charge is 0.241 e. The Balaban J connectivity index is 1.71. The summed E-state index contributed by atoms with van der Waals surface area (Å²) in [7, 11) is -3.93. The Morgan fingerprint density at radius 2 is 1.90 bits per heavy atom. The van der Waals surface area contributed by atoms with Crippen molar-refractivity contribution in [2.45, 2.75) is 36.0 Å². The molecule has 1 amide bonds. The van der Waals surface area contributed by atoms with Gasteiger partial charge in [0.1, 0.15) is 6.04 Å². The number of hydrogen-bond acceptors (Lipinski definition) is 6. The van der Waals surface area contributed by atoms with Crippen LogP contribution in [0.1, 0.15) is 19.3 Å². The lowest BCUT2D eigenvalue weighted by Crippen LogP contribution is -2.53. The van der Waals surface area contributed by atoms with Crippen molar-refractivity contribution in [1.29, 1.82) is 0 Å². The molecule has 1 unspecified atom stereocenters. The number of rotatable bonds is 7. The number of thioether (sulfide) groups is 1. The van der Waals surface area contributed by atoms with Crippen LogP contribution in [0.25, 0.3) is 0 Å². The van der Waals surface area contributed by atoms with Gasteiger partial charge in [-0.25, -0.2) is 8.42 Å². The van der Waals surface area contributed by atoms with Gasteiger partial charge in [0.05, 0.1) is 28.2 Å². The van der Waals surface area contributed by atoms with Crippen LogP contribution in [0.5, 0.6) is 0 Å². The topological polar surface area (TPSA) is 84.9 Å². The summed E-state index contributed by atoms with van der Waals surface area (Å²) < 4.78 is 39.6. The molecule has 1 aromatic carbocycles. The third-order valence-corrected chi connectivity index (χ3v) is 7.91. The van der Waals surface area contributed by atoms with Crippen LogP contribution < -0.4 is 4.72 Å². The van der Waals surface area contributed by atoms with E-state index in [0.717, 1.165) is 0 Å². The molecule has 29 heavy (non-hydrogen) atoms. The summed E-state index contributed by atoms with van der Waals surface area (Å²) in [5, 5.41) is 0.402. The second kappa shape index (κ2) is 9.72. The molecular weight excluding hydrogens is 459 g/mol. The number of benzene rings is 1. The molecule has 2 saturated heterocycles. The van der Waals surface area contributed by atoms with Gasteiger partial charge < -0.3 is 14.4 Å². The van der Waals surface area contributed by atoms with Crippen LogP contribution in [-0.4, -0.2) is 69.4 Å². The maximum Gasteiger partial charge on any atom is 0.241 e. The lowest BCUT2D eigenvalue weighted by molar-refractivity contribution is -0.187. The highest BCUT2D eigenvalue weighted by Gasteiger charge is 2.42. The molecule has 3 rings (SSSR count). The first kappa shape index (κ1) is 23.1. The molecule has 2 fully saturated rings. The van der Waals surface area contributed by atoms with Crippen LogP contribution in [0.15, 0.2) is 23.1 Å². The zero-order chi connectivity index (χ0) is 21.1. The largest absolute Gasteiger partial charge is 0.347 e. The van der Waals surface area contributed by atoms with Crippen LogP contribution in [-0.2, 0) is 24.3 Å².